The molecular weight excluding hydrogens is 225 g/mol. The summed E-state index contributed by atoms with van der Waals surface area (Å²) < 4.78 is 40.5. The Morgan fingerprint density at radius 3 is 2.31 bits per heavy atom. The van der Waals surface area contributed by atoms with E-state index >= 15 is 0 Å². The van der Waals surface area contributed by atoms with Crippen LogP contribution in [0.15, 0.2) is 12.2 Å². The van der Waals surface area contributed by atoms with Gasteiger partial charge in [0.05, 0.1) is 6.10 Å². The Labute approximate surface area is 91.9 Å². The fourth-order valence-corrected chi connectivity index (χ4v) is 0.898. The Balaban J connectivity index is 3.95. The highest BCUT2D eigenvalue weighted by molar-refractivity contribution is 5.87. The van der Waals surface area contributed by atoms with E-state index in [4.69, 9.17) is 9.84 Å². The molecule has 1 N–H and O–H groups in total. The normalized spacial score (nSPS) is 15.4. The van der Waals surface area contributed by atoms with Crippen LogP contribution in [0.4, 0.5) is 13.2 Å². The van der Waals surface area contributed by atoms with Crippen molar-refractivity contribution in [3.05, 3.63) is 12.2 Å². The van der Waals surface area contributed by atoms with Crippen LogP contribution in [0.5, 0.6) is 0 Å². The number of halogens is 3. The van der Waals surface area contributed by atoms with Crippen LogP contribution in [-0.2, 0) is 9.53 Å². The summed E-state index contributed by atoms with van der Waals surface area (Å²) in [6.07, 6.45) is -8.23. The average molecular weight is 240 g/mol. The molecule has 0 fully saturated rings. The third kappa shape index (κ3) is 5.75. The molecule has 0 aromatic rings. The third-order valence-corrected chi connectivity index (χ3v) is 1.88. The second-order valence-corrected chi connectivity index (χ2v) is 3.63. The minimum atomic E-state index is -4.63. The number of alkyl halides is 3. The molecule has 0 aromatic carbocycles. The number of hydrogen-bond acceptors (Lipinski definition) is 3. The number of ether oxygens (including phenoxy) is 1. The molecule has 0 heterocycles. The fourth-order valence-electron chi connectivity index (χ4n) is 0.898. The molecule has 3 nitrogen and oxygen atoms in total. The number of carbonyl (C=O) groups excluding carboxylic acids is 1. The molecule has 2 atom stereocenters. The Kier molecular flexibility index (Phi) is 5.50. The van der Waals surface area contributed by atoms with Gasteiger partial charge in [0.25, 0.3) is 0 Å². The first-order chi connectivity index (χ1) is 7.14. The van der Waals surface area contributed by atoms with Crippen LogP contribution in [0.3, 0.4) is 0 Å². The molecule has 0 radical (unpaired) electrons. The fraction of sp³-hybridized carbons (Fsp3) is 0.700. The van der Waals surface area contributed by atoms with Gasteiger partial charge in [-0.2, -0.15) is 13.2 Å². The summed E-state index contributed by atoms with van der Waals surface area (Å²) in [4.78, 5) is 11.0. The maximum absolute atomic E-state index is 11.9. The molecule has 0 aliphatic carbocycles. The average Bonchev–Trinajstić information content (AvgIpc) is 2.12. The lowest BCUT2D eigenvalue weighted by Gasteiger charge is -2.17. The SMILES string of the molecule is C=C(C)C(=O)OC(C)CCC(O)C(F)(F)F. The van der Waals surface area contributed by atoms with Crippen LogP contribution in [0.25, 0.3) is 0 Å². The van der Waals surface area contributed by atoms with Gasteiger partial charge in [0.2, 0.25) is 0 Å². The Morgan fingerprint density at radius 2 is 1.94 bits per heavy atom. The predicted molar refractivity (Wildman–Crippen MR) is 51.7 cm³/mol. The van der Waals surface area contributed by atoms with E-state index in [1.807, 2.05) is 0 Å². The van der Waals surface area contributed by atoms with Gasteiger partial charge in [-0.3, -0.25) is 0 Å². The molecule has 0 amide bonds. The molecule has 0 aliphatic heterocycles. The lowest BCUT2D eigenvalue weighted by Crippen LogP contribution is -2.29. The van der Waals surface area contributed by atoms with E-state index in [-0.39, 0.29) is 12.0 Å². The van der Waals surface area contributed by atoms with Crippen molar-refractivity contribution in [1.82, 2.24) is 0 Å². The van der Waals surface area contributed by atoms with Crippen molar-refractivity contribution in [2.24, 2.45) is 0 Å². The van der Waals surface area contributed by atoms with Crippen molar-refractivity contribution in [1.29, 1.82) is 0 Å². The highest BCUT2D eigenvalue weighted by Crippen LogP contribution is 2.24. The van der Waals surface area contributed by atoms with E-state index in [1.165, 1.54) is 13.8 Å². The molecule has 2 unspecified atom stereocenters. The molecule has 16 heavy (non-hydrogen) atoms. The number of carbonyl (C=O) groups is 1. The van der Waals surface area contributed by atoms with Gasteiger partial charge in [-0.15, -0.1) is 0 Å². The van der Waals surface area contributed by atoms with Crippen LogP contribution in [0.2, 0.25) is 0 Å². The highest BCUT2D eigenvalue weighted by atomic mass is 19.4. The number of esters is 1. The molecule has 6 heteroatoms. The minimum Gasteiger partial charge on any atom is -0.459 e. The van der Waals surface area contributed by atoms with Gasteiger partial charge >= 0.3 is 12.1 Å². The molecule has 0 saturated heterocycles. The van der Waals surface area contributed by atoms with Gasteiger partial charge in [-0.05, 0) is 26.7 Å². The van der Waals surface area contributed by atoms with E-state index in [0.29, 0.717) is 0 Å². The number of aliphatic hydroxyl groups excluding tert-OH is 1. The Hall–Kier alpha value is -1.04. The van der Waals surface area contributed by atoms with E-state index in [1.54, 1.807) is 0 Å². The quantitative estimate of drug-likeness (QED) is 0.592. The van der Waals surface area contributed by atoms with Crippen molar-refractivity contribution in [2.45, 2.75) is 45.1 Å². The standard InChI is InChI=1S/C10H15F3O3/c1-6(2)9(15)16-7(3)4-5-8(14)10(11,12)13/h7-8,14H,1,4-5H2,2-3H3. The van der Waals surface area contributed by atoms with E-state index in [9.17, 15) is 18.0 Å². The summed E-state index contributed by atoms with van der Waals surface area (Å²) in [5.74, 6) is -0.644. The summed E-state index contributed by atoms with van der Waals surface area (Å²) in [7, 11) is 0. The van der Waals surface area contributed by atoms with Crippen LogP contribution in [-0.4, -0.2) is 29.5 Å². The van der Waals surface area contributed by atoms with Crippen molar-refractivity contribution in [3.8, 4) is 0 Å². The van der Waals surface area contributed by atoms with E-state index in [0.717, 1.165) is 0 Å². The second-order valence-electron chi connectivity index (χ2n) is 3.63. The summed E-state index contributed by atoms with van der Waals surface area (Å²) in [6.45, 7) is 6.24. The molecule has 0 bridgehead atoms. The topological polar surface area (TPSA) is 46.5 Å². The third-order valence-electron chi connectivity index (χ3n) is 1.88. The maximum Gasteiger partial charge on any atom is 0.414 e. The zero-order chi connectivity index (χ0) is 12.9. The molecule has 0 aromatic heterocycles. The van der Waals surface area contributed by atoms with Crippen molar-refractivity contribution >= 4 is 5.97 Å². The van der Waals surface area contributed by atoms with Gasteiger partial charge in [-0.1, -0.05) is 6.58 Å². The second kappa shape index (κ2) is 5.89. The van der Waals surface area contributed by atoms with Gasteiger partial charge in [0.1, 0.15) is 6.10 Å². The van der Waals surface area contributed by atoms with E-state index in [2.05, 4.69) is 6.58 Å². The van der Waals surface area contributed by atoms with Crippen LogP contribution in [0, 0.1) is 0 Å². The largest absolute Gasteiger partial charge is 0.459 e. The Morgan fingerprint density at radius 1 is 1.44 bits per heavy atom. The number of hydrogen-bond donors (Lipinski definition) is 1. The van der Waals surface area contributed by atoms with Crippen molar-refractivity contribution < 1.29 is 27.8 Å². The first-order valence-electron chi connectivity index (χ1n) is 4.76. The van der Waals surface area contributed by atoms with Crippen LogP contribution >= 0.6 is 0 Å². The highest BCUT2D eigenvalue weighted by Gasteiger charge is 2.37. The monoisotopic (exact) mass is 240 g/mol. The first-order valence-corrected chi connectivity index (χ1v) is 4.76. The first kappa shape index (κ1) is 15.0. The smallest absolute Gasteiger partial charge is 0.414 e. The Bertz CT molecular complexity index is 261. The molecular formula is C10H15F3O3. The molecule has 0 rings (SSSR count). The summed E-state index contributed by atoms with van der Waals surface area (Å²) in [5.41, 5.74) is 0.184. The maximum atomic E-state index is 11.9. The molecule has 0 aliphatic rings. The molecule has 0 spiro atoms. The van der Waals surface area contributed by atoms with Gasteiger partial charge in [0.15, 0.2) is 0 Å². The van der Waals surface area contributed by atoms with E-state index < -0.39 is 30.8 Å². The summed E-state index contributed by atoms with van der Waals surface area (Å²) in [5, 5.41) is 8.69. The molecule has 94 valence electrons. The minimum absolute atomic E-state index is 0.0559. The molecule has 0 saturated carbocycles. The number of rotatable bonds is 5. The van der Waals surface area contributed by atoms with Crippen LogP contribution < -0.4 is 0 Å². The lowest BCUT2D eigenvalue weighted by molar-refractivity contribution is -0.206. The summed E-state index contributed by atoms with van der Waals surface area (Å²) in [6, 6.07) is 0. The van der Waals surface area contributed by atoms with Gasteiger partial charge < -0.3 is 9.84 Å². The van der Waals surface area contributed by atoms with Crippen LogP contribution in [0.1, 0.15) is 26.7 Å². The summed E-state index contributed by atoms with van der Waals surface area (Å²) >= 11 is 0. The van der Waals surface area contributed by atoms with Crippen molar-refractivity contribution in [3.63, 3.8) is 0 Å². The zero-order valence-corrected chi connectivity index (χ0v) is 9.17. The number of aliphatic hydroxyl groups is 1. The van der Waals surface area contributed by atoms with Crippen molar-refractivity contribution in [2.75, 3.05) is 0 Å². The van der Waals surface area contributed by atoms with Gasteiger partial charge in [0, 0.05) is 5.57 Å². The zero-order valence-electron chi connectivity index (χ0n) is 9.17. The van der Waals surface area contributed by atoms with Gasteiger partial charge in [-0.25, -0.2) is 4.79 Å². The lowest BCUT2D eigenvalue weighted by atomic mass is 10.1. The predicted octanol–water partition coefficient (Wildman–Crippen LogP) is 2.20.